The molecule has 4 heteroatoms. The van der Waals surface area contributed by atoms with Crippen LogP contribution in [0.15, 0.2) is 24.3 Å². The first-order chi connectivity index (χ1) is 8.15. The van der Waals surface area contributed by atoms with Gasteiger partial charge in [0.2, 0.25) is 5.91 Å². The molecule has 0 bridgehead atoms. The fourth-order valence-electron chi connectivity index (χ4n) is 2.21. The average molecular weight is 229 g/mol. The van der Waals surface area contributed by atoms with Gasteiger partial charge in [-0.1, -0.05) is 12.1 Å². The van der Waals surface area contributed by atoms with Crippen molar-refractivity contribution in [2.45, 2.75) is 12.5 Å². The standard InChI is InChI=1S/C13H15N3O/c1-15-8-7-12(13(15)17)16(2)11-6-4-3-5-10(11)9-14/h3-6,12H,7-8H2,1-2H3. The summed E-state index contributed by atoms with van der Waals surface area (Å²) in [4.78, 5) is 15.6. The number of nitrogens with zero attached hydrogens (tertiary/aromatic N) is 3. The molecule has 0 saturated carbocycles. The predicted octanol–water partition coefficient (Wildman–Crippen LogP) is 1.23. The molecule has 1 saturated heterocycles. The second kappa shape index (κ2) is 4.46. The summed E-state index contributed by atoms with van der Waals surface area (Å²) in [5.41, 5.74) is 1.43. The van der Waals surface area contributed by atoms with Crippen molar-refractivity contribution in [2.24, 2.45) is 0 Å². The van der Waals surface area contributed by atoms with E-state index in [1.54, 1.807) is 11.0 Å². The van der Waals surface area contributed by atoms with Gasteiger partial charge in [0.1, 0.15) is 12.1 Å². The van der Waals surface area contributed by atoms with E-state index < -0.39 is 0 Å². The lowest BCUT2D eigenvalue weighted by molar-refractivity contribution is -0.127. The van der Waals surface area contributed by atoms with Crippen LogP contribution in [-0.2, 0) is 4.79 Å². The smallest absolute Gasteiger partial charge is 0.245 e. The maximum absolute atomic E-state index is 11.9. The Bertz CT molecular complexity index is 478. The molecule has 1 amide bonds. The topological polar surface area (TPSA) is 47.3 Å². The van der Waals surface area contributed by atoms with E-state index in [0.717, 1.165) is 18.7 Å². The van der Waals surface area contributed by atoms with E-state index in [-0.39, 0.29) is 11.9 Å². The van der Waals surface area contributed by atoms with Crippen molar-refractivity contribution in [3.63, 3.8) is 0 Å². The van der Waals surface area contributed by atoms with E-state index in [4.69, 9.17) is 5.26 Å². The van der Waals surface area contributed by atoms with Crippen molar-refractivity contribution in [1.82, 2.24) is 4.90 Å². The molecular weight excluding hydrogens is 214 g/mol. The second-order valence-electron chi connectivity index (χ2n) is 4.30. The summed E-state index contributed by atoms with van der Waals surface area (Å²) in [7, 11) is 3.68. The molecule has 2 rings (SSSR count). The number of carbonyl (C=O) groups excluding carboxylic acids is 1. The van der Waals surface area contributed by atoms with Gasteiger partial charge in [-0.05, 0) is 18.6 Å². The van der Waals surface area contributed by atoms with Crippen LogP contribution in [-0.4, -0.2) is 37.5 Å². The predicted molar refractivity (Wildman–Crippen MR) is 65.6 cm³/mol. The molecule has 1 heterocycles. The summed E-state index contributed by atoms with van der Waals surface area (Å²) < 4.78 is 0. The fourth-order valence-corrected chi connectivity index (χ4v) is 2.21. The van der Waals surface area contributed by atoms with Gasteiger partial charge in [-0.25, -0.2) is 0 Å². The van der Waals surface area contributed by atoms with Gasteiger partial charge in [0.25, 0.3) is 0 Å². The molecule has 1 aliphatic heterocycles. The molecule has 0 radical (unpaired) electrons. The SMILES string of the molecule is CN1CCC(N(C)c2ccccc2C#N)C1=O. The van der Waals surface area contributed by atoms with Crippen LogP contribution in [0, 0.1) is 11.3 Å². The first-order valence-electron chi connectivity index (χ1n) is 5.62. The molecule has 1 unspecified atom stereocenters. The third-order valence-corrected chi connectivity index (χ3v) is 3.27. The molecular formula is C13H15N3O. The van der Waals surface area contributed by atoms with Crippen molar-refractivity contribution in [1.29, 1.82) is 5.26 Å². The van der Waals surface area contributed by atoms with Crippen LogP contribution in [0.3, 0.4) is 0 Å². The fraction of sp³-hybridized carbons (Fsp3) is 0.385. The van der Waals surface area contributed by atoms with Crippen LogP contribution < -0.4 is 4.90 Å². The number of anilines is 1. The lowest BCUT2D eigenvalue weighted by Gasteiger charge is -2.25. The van der Waals surface area contributed by atoms with Crippen molar-refractivity contribution < 1.29 is 4.79 Å². The van der Waals surface area contributed by atoms with Crippen molar-refractivity contribution in [3.05, 3.63) is 29.8 Å². The lowest BCUT2D eigenvalue weighted by atomic mass is 10.1. The van der Waals surface area contributed by atoms with E-state index >= 15 is 0 Å². The molecule has 17 heavy (non-hydrogen) atoms. The minimum absolute atomic E-state index is 0.125. The molecule has 0 aromatic heterocycles. The van der Waals surface area contributed by atoms with Crippen molar-refractivity contribution >= 4 is 11.6 Å². The van der Waals surface area contributed by atoms with E-state index in [1.807, 2.05) is 37.2 Å². The van der Waals surface area contributed by atoms with Gasteiger partial charge in [-0.15, -0.1) is 0 Å². The minimum Gasteiger partial charge on any atom is -0.362 e. The summed E-state index contributed by atoms with van der Waals surface area (Å²) in [6, 6.07) is 9.38. The van der Waals surface area contributed by atoms with Gasteiger partial charge in [0, 0.05) is 20.6 Å². The molecule has 1 atom stereocenters. The summed E-state index contributed by atoms with van der Waals surface area (Å²) in [6.45, 7) is 0.780. The van der Waals surface area contributed by atoms with Crippen LogP contribution in [0.2, 0.25) is 0 Å². The molecule has 1 fully saturated rings. The first-order valence-corrected chi connectivity index (χ1v) is 5.62. The third-order valence-electron chi connectivity index (χ3n) is 3.27. The molecule has 88 valence electrons. The van der Waals surface area contributed by atoms with Gasteiger partial charge in [-0.3, -0.25) is 4.79 Å². The van der Waals surface area contributed by atoms with Gasteiger partial charge in [0.15, 0.2) is 0 Å². The van der Waals surface area contributed by atoms with E-state index in [9.17, 15) is 4.79 Å². The third kappa shape index (κ3) is 1.96. The molecule has 4 nitrogen and oxygen atoms in total. The van der Waals surface area contributed by atoms with Crippen LogP contribution in [0.5, 0.6) is 0 Å². The Kier molecular flexibility index (Phi) is 3.01. The summed E-state index contributed by atoms with van der Waals surface area (Å²) in [6.07, 6.45) is 0.811. The van der Waals surface area contributed by atoms with Crippen LogP contribution in [0.25, 0.3) is 0 Å². The van der Waals surface area contributed by atoms with Gasteiger partial charge in [0.05, 0.1) is 11.3 Å². The van der Waals surface area contributed by atoms with E-state index in [2.05, 4.69) is 6.07 Å². The average Bonchev–Trinajstić information content (AvgIpc) is 2.69. The zero-order valence-electron chi connectivity index (χ0n) is 10.1. The number of nitriles is 1. The molecule has 1 aromatic rings. The number of rotatable bonds is 2. The number of para-hydroxylation sites is 1. The number of likely N-dealkylation sites (tertiary alicyclic amines) is 1. The van der Waals surface area contributed by atoms with Gasteiger partial charge < -0.3 is 9.80 Å². The Balaban J connectivity index is 2.29. The summed E-state index contributed by atoms with van der Waals surface area (Å²) in [5.74, 6) is 0.125. The number of carbonyl (C=O) groups is 1. The quantitative estimate of drug-likeness (QED) is 0.766. The zero-order chi connectivity index (χ0) is 12.4. The Labute approximate surface area is 101 Å². The highest BCUT2D eigenvalue weighted by atomic mass is 16.2. The largest absolute Gasteiger partial charge is 0.362 e. The summed E-state index contributed by atoms with van der Waals surface area (Å²) in [5, 5.41) is 9.06. The van der Waals surface area contributed by atoms with E-state index in [1.165, 1.54) is 0 Å². The highest BCUT2D eigenvalue weighted by Gasteiger charge is 2.32. The molecule has 0 aliphatic carbocycles. The normalized spacial score (nSPS) is 19.2. The second-order valence-corrected chi connectivity index (χ2v) is 4.30. The highest BCUT2D eigenvalue weighted by Crippen LogP contribution is 2.24. The Morgan fingerprint density at radius 3 is 2.76 bits per heavy atom. The van der Waals surface area contributed by atoms with Crippen molar-refractivity contribution in [3.8, 4) is 6.07 Å². The Morgan fingerprint density at radius 1 is 1.47 bits per heavy atom. The maximum Gasteiger partial charge on any atom is 0.245 e. The minimum atomic E-state index is -0.144. The first kappa shape index (κ1) is 11.5. The molecule has 0 spiro atoms. The molecule has 1 aromatic carbocycles. The van der Waals surface area contributed by atoms with Gasteiger partial charge in [-0.2, -0.15) is 5.26 Å². The maximum atomic E-state index is 11.9. The number of hydrogen-bond donors (Lipinski definition) is 0. The molecule has 0 N–H and O–H groups in total. The number of amides is 1. The van der Waals surface area contributed by atoms with Gasteiger partial charge >= 0.3 is 0 Å². The number of benzene rings is 1. The van der Waals surface area contributed by atoms with Crippen LogP contribution >= 0.6 is 0 Å². The number of likely N-dealkylation sites (N-methyl/N-ethyl adjacent to an activating group) is 2. The number of hydrogen-bond acceptors (Lipinski definition) is 3. The van der Waals surface area contributed by atoms with E-state index in [0.29, 0.717) is 5.56 Å². The monoisotopic (exact) mass is 229 g/mol. The molecule has 1 aliphatic rings. The Morgan fingerprint density at radius 2 is 2.18 bits per heavy atom. The zero-order valence-corrected chi connectivity index (χ0v) is 10.1. The summed E-state index contributed by atoms with van der Waals surface area (Å²) >= 11 is 0. The lowest BCUT2D eigenvalue weighted by Crippen LogP contribution is -2.38. The van der Waals surface area contributed by atoms with Crippen molar-refractivity contribution in [2.75, 3.05) is 25.5 Å². The van der Waals surface area contributed by atoms with Crippen LogP contribution in [0.1, 0.15) is 12.0 Å². The highest BCUT2D eigenvalue weighted by molar-refractivity contribution is 5.87. The van der Waals surface area contributed by atoms with Crippen LogP contribution in [0.4, 0.5) is 5.69 Å². The Hall–Kier alpha value is -2.02.